The second kappa shape index (κ2) is 6.66. The maximum absolute atomic E-state index is 12.9. The van der Waals surface area contributed by atoms with Crippen molar-refractivity contribution in [3.63, 3.8) is 0 Å². The van der Waals surface area contributed by atoms with Crippen molar-refractivity contribution in [2.75, 3.05) is 20.6 Å². The van der Waals surface area contributed by atoms with Crippen molar-refractivity contribution in [1.82, 2.24) is 9.21 Å². The molecule has 10 heteroatoms. The topological polar surface area (TPSA) is 101 Å². The Morgan fingerprint density at radius 2 is 2.04 bits per heavy atom. The SMILES string of the molecule is Cc1c(Cl)cc(S(=O)(=O)N2CCCC2C(=O)N(C)C)cc1[N+](=O)[O-]. The number of nitro benzene ring substituents is 1. The molecule has 0 aliphatic carbocycles. The van der Waals surface area contributed by atoms with Crippen LogP contribution >= 0.6 is 11.6 Å². The summed E-state index contributed by atoms with van der Waals surface area (Å²) in [5.74, 6) is -0.316. The maximum Gasteiger partial charge on any atom is 0.275 e. The minimum Gasteiger partial charge on any atom is -0.347 e. The predicted octanol–water partition coefficient (Wildman–Crippen LogP) is 1.80. The molecule has 1 saturated heterocycles. The van der Waals surface area contributed by atoms with Crippen LogP contribution in [-0.4, -0.2) is 55.1 Å². The summed E-state index contributed by atoms with van der Waals surface area (Å²) in [6, 6.07) is 1.38. The van der Waals surface area contributed by atoms with Gasteiger partial charge in [-0.15, -0.1) is 0 Å². The summed E-state index contributed by atoms with van der Waals surface area (Å²) in [5, 5.41) is 11.1. The average molecular weight is 376 g/mol. The Morgan fingerprint density at radius 1 is 1.42 bits per heavy atom. The highest BCUT2D eigenvalue weighted by atomic mass is 35.5. The number of carbonyl (C=O) groups is 1. The van der Waals surface area contributed by atoms with E-state index in [-0.39, 0.29) is 33.6 Å². The number of benzene rings is 1. The first-order valence-corrected chi connectivity index (χ1v) is 9.06. The summed E-state index contributed by atoms with van der Waals surface area (Å²) >= 11 is 5.96. The molecule has 0 aromatic heterocycles. The lowest BCUT2D eigenvalue weighted by molar-refractivity contribution is -0.385. The van der Waals surface area contributed by atoms with Crippen LogP contribution in [0.25, 0.3) is 0 Å². The van der Waals surface area contributed by atoms with Gasteiger partial charge in [-0.2, -0.15) is 4.31 Å². The van der Waals surface area contributed by atoms with Crippen molar-refractivity contribution in [2.45, 2.75) is 30.7 Å². The molecule has 132 valence electrons. The van der Waals surface area contributed by atoms with Gasteiger partial charge in [-0.1, -0.05) is 11.6 Å². The first kappa shape index (κ1) is 18.6. The number of hydrogen-bond acceptors (Lipinski definition) is 5. The number of sulfonamides is 1. The van der Waals surface area contributed by atoms with Gasteiger partial charge in [-0.05, 0) is 25.8 Å². The molecular formula is C14H18ClN3O5S. The van der Waals surface area contributed by atoms with Gasteiger partial charge >= 0.3 is 0 Å². The van der Waals surface area contributed by atoms with Crippen LogP contribution in [0.3, 0.4) is 0 Å². The third-order valence-corrected chi connectivity index (χ3v) is 6.30. The van der Waals surface area contributed by atoms with Gasteiger partial charge in [0, 0.05) is 32.3 Å². The molecule has 0 saturated carbocycles. The van der Waals surface area contributed by atoms with E-state index in [0.717, 1.165) is 10.4 Å². The Labute approximate surface area is 145 Å². The molecule has 1 unspecified atom stereocenters. The summed E-state index contributed by atoms with van der Waals surface area (Å²) in [7, 11) is -0.956. The first-order valence-electron chi connectivity index (χ1n) is 7.25. The molecule has 0 spiro atoms. The second-order valence-electron chi connectivity index (χ2n) is 5.81. The molecule has 2 rings (SSSR count). The Morgan fingerprint density at radius 3 is 2.58 bits per heavy atom. The molecule has 8 nitrogen and oxygen atoms in total. The van der Waals surface area contributed by atoms with E-state index in [9.17, 15) is 23.3 Å². The number of hydrogen-bond donors (Lipinski definition) is 0. The number of carbonyl (C=O) groups excluding carboxylic acids is 1. The van der Waals surface area contributed by atoms with E-state index in [4.69, 9.17) is 11.6 Å². The molecule has 1 aliphatic heterocycles. The van der Waals surface area contributed by atoms with Crippen molar-refractivity contribution >= 4 is 33.2 Å². The Kier molecular flexibility index (Phi) is 5.17. The third-order valence-electron chi connectivity index (χ3n) is 4.02. The Bertz CT molecular complexity index is 794. The van der Waals surface area contributed by atoms with Gasteiger partial charge in [0.1, 0.15) is 6.04 Å². The van der Waals surface area contributed by atoms with Crippen LogP contribution in [0.15, 0.2) is 17.0 Å². The molecule has 24 heavy (non-hydrogen) atoms. The lowest BCUT2D eigenvalue weighted by atomic mass is 10.2. The van der Waals surface area contributed by atoms with E-state index in [0.29, 0.717) is 12.8 Å². The lowest BCUT2D eigenvalue weighted by Gasteiger charge is -2.25. The number of nitrogens with zero attached hydrogens (tertiary/aromatic N) is 3. The van der Waals surface area contributed by atoms with Crippen molar-refractivity contribution in [3.05, 3.63) is 32.8 Å². The van der Waals surface area contributed by atoms with Gasteiger partial charge in [0.05, 0.1) is 14.8 Å². The minimum atomic E-state index is -4.06. The van der Waals surface area contributed by atoms with Crippen LogP contribution in [0, 0.1) is 17.0 Å². The lowest BCUT2D eigenvalue weighted by Crippen LogP contribution is -2.45. The van der Waals surface area contributed by atoms with E-state index in [1.54, 1.807) is 14.1 Å². The van der Waals surface area contributed by atoms with Gasteiger partial charge in [-0.25, -0.2) is 8.42 Å². The van der Waals surface area contributed by atoms with Gasteiger partial charge < -0.3 is 4.90 Å². The second-order valence-corrected chi connectivity index (χ2v) is 8.11. The molecular weight excluding hydrogens is 358 g/mol. The number of nitro groups is 1. The highest BCUT2D eigenvalue weighted by Gasteiger charge is 2.40. The zero-order valence-corrected chi connectivity index (χ0v) is 15.1. The molecule has 1 heterocycles. The normalized spacial score (nSPS) is 18.6. The molecule has 1 aromatic rings. The zero-order valence-electron chi connectivity index (χ0n) is 13.5. The van der Waals surface area contributed by atoms with Gasteiger partial charge in [0.2, 0.25) is 15.9 Å². The van der Waals surface area contributed by atoms with E-state index in [1.165, 1.54) is 17.9 Å². The fourth-order valence-corrected chi connectivity index (χ4v) is 4.66. The van der Waals surface area contributed by atoms with E-state index < -0.39 is 21.0 Å². The van der Waals surface area contributed by atoms with E-state index in [1.807, 2.05) is 0 Å². The fraction of sp³-hybridized carbons (Fsp3) is 0.500. The molecule has 0 N–H and O–H groups in total. The highest BCUT2D eigenvalue weighted by molar-refractivity contribution is 7.89. The molecule has 1 fully saturated rings. The minimum absolute atomic E-state index is 0.00235. The molecule has 1 aromatic carbocycles. The van der Waals surface area contributed by atoms with Crippen LogP contribution in [0.1, 0.15) is 18.4 Å². The van der Waals surface area contributed by atoms with Gasteiger partial charge in [0.25, 0.3) is 5.69 Å². The summed E-state index contributed by atoms with van der Waals surface area (Å²) in [6.07, 6.45) is 0.961. The van der Waals surface area contributed by atoms with Gasteiger partial charge in [-0.3, -0.25) is 14.9 Å². The zero-order chi connectivity index (χ0) is 18.2. The summed E-state index contributed by atoms with van der Waals surface area (Å²) in [4.78, 5) is 23.7. The number of amides is 1. The van der Waals surface area contributed by atoms with Crippen LogP contribution in [-0.2, 0) is 14.8 Å². The fourth-order valence-electron chi connectivity index (χ4n) is 2.69. The van der Waals surface area contributed by atoms with Crippen molar-refractivity contribution in [2.24, 2.45) is 0 Å². The predicted molar refractivity (Wildman–Crippen MR) is 88.5 cm³/mol. The summed E-state index contributed by atoms with van der Waals surface area (Å²) in [5.41, 5.74) is -0.168. The Balaban J connectivity index is 2.51. The van der Waals surface area contributed by atoms with E-state index in [2.05, 4.69) is 0 Å². The van der Waals surface area contributed by atoms with Crippen molar-refractivity contribution in [1.29, 1.82) is 0 Å². The monoisotopic (exact) mass is 375 g/mol. The van der Waals surface area contributed by atoms with Crippen LogP contribution < -0.4 is 0 Å². The molecule has 0 radical (unpaired) electrons. The van der Waals surface area contributed by atoms with Crippen LogP contribution in [0.4, 0.5) is 5.69 Å². The number of rotatable bonds is 4. The molecule has 0 bridgehead atoms. The van der Waals surface area contributed by atoms with Crippen molar-refractivity contribution < 1.29 is 18.1 Å². The molecule has 1 amide bonds. The quantitative estimate of drug-likeness (QED) is 0.590. The maximum atomic E-state index is 12.9. The standard InChI is InChI=1S/C14H18ClN3O5S/c1-9-11(15)7-10(8-13(9)18(20)21)24(22,23)17-6-4-5-12(17)14(19)16(2)3/h7-8,12H,4-6H2,1-3H3. The average Bonchev–Trinajstić information content (AvgIpc) is 2.98. The van der Waals surface area contributed by atoms with Crippen molar-refractivity contribution in [3.8, 4) is 0 Å². The molecule has 1 aliphatic rings. The van der Waals surface area contributed by atoms with Crippen LogP contribution in [0.5, 0.6) is 0 Å². The van der Waals surface area contributed by atoms with Crippen LogP contribution in [0.2, 0.25) is 5.02 Å². The van der Waals surface area contributed by atoms with Gasteiger partial charge in [0.15, 0.2) is 0 Å². The molecule has 1 atom stereocenters. The highest BCUT2D eigenvalue weighted by Crippen LogP contribution is 2.33. The van der Waals surface area contributed by atoms with E-state index >= 15 is 0 Å². The third kappa shape index (κ3) is 3.24. The summed E-state index contributed by atoms with van der Waals surface area (Å²) in [6.45, 7) is 1.64. The summed E-state index contributed by atoms with van der Waals surface area (Å²) < 4.78 is 26.9. The number of halogens is 1. The first-order chi connectivity index (χ1) is 11.1. The number of likely N-dealkylation sites (N-methyl/N-ethyl adjacent to an activating group) is 1. The largest absolute Gasteiger partial charge is 0.347 e. The smallest absolute Gasteiger partial charge is 0.275 e. The Hall–Kier alpha value is -1.71.